The molecule has 6 nitrogen and oxygen atoms in total. The number of hydrogen-bond donors (Lipinski definition) is 1. The summed E-state index contributed by atoms with van der Waals surface area (Å²) in [6.07, 6.45) is 0.957. The number of fused-ring (bicyclic) bond motifs is 1. The van der Waals surface area contributed by atoms with Crippen LogP contribution in [-0.4, -0.2) is 46.2 Å². The van der Waals surface area contributed by atoms with Crippen molar-refractivity contribution in [1.82, 2.24) is 0 Å². The Bertz CT molecular complexity index is 1080. The maximum Gasteiger partial charge on any atom is 0.203 e. The fourth-order valence-electron chi connectivity index (χ4n) is 4.23. The molecule has 0 saturated heterocycles. The van der Waals surface area contributed by atoms with Gasteiger partial charge in [-0.3, -0.25) is 0 Å². The smallest absolute Gasteiger partial charge is 0.203 e. The van der Waals surface area contributed by atoms with Gasteiger partial charge in [-0.2, -0.15) is 0 Å². The number of para-hydroxylation sites is 1. The molecule has 0 saturated carbocycles. The third-order valence-corrected chi connectivity index (χ3v) is 7.22. The number of thioether (sulfide) groups is 1. The molecular weight excluding hydrogens is 450 g/mol. The summed E-state index contributed by atoms with van der Waals surface area (Å²) in [7, 11) is 4.92. The number of methoxy groups -OCH3 is 3. The Kier molecular flexibility index (Phi) is 8.08. The lowest BCUT2D eigenvalue weighted by Crippen LogP contribution is -2.24. The number of aliphatic hydroxyl groups excluding tert-OH is 1. The maximum atomic E-state index is 9.05. The molecule has 0 amide bonds. The molecule has 1 heterocycles. The van der Waals surface area contributed by atoms with Crippen molar-refractivity contribution in [1.29, 1.82) is 0 Å². The Hall–Kier alpha value is -3.03. The van der Waals surface area contributed by atoms with Crippen molar-refractivity contribution in [2.45, 2.75) is 23.1 Å². The summed E-state index contributed by atoms with van der Waals surface area (Å²) in [6.45, 7) is 1.97. The van der Waals surface area contributed by atoms with E-state index in [0.29, 0.717) is 23.9 Å². The molecule has 0 aliphatic carbocycles. The molecule has 1 atom stereocenters. The summed E-state index contributed by atoms with van der Waals surface area (Å²) in [5.41, 5.74) is 3.54. The van der Waals surface area contributed by atoms with Gasteiger partial charge < -0.3 is 29.0 Å². The molecule has 180 valence electrons. The highest BCUT2D eigenvalue weighted by Gasteiger charge is 2.25. The molecule has 1 aliphatic heterocycles. The number of anilines is 1. The van der Waals surface area contributed by atoms with Gasteiger partial charge in [0.15, 0.2) is 11.5 Å². The van der Waals surface area contributed by atoms with Gasteiger partial charge in [0.25, 0.3) is 0 Å². The molecule has 0 bridgehead atoms. The van der Waals surface area contributed by atoms with Crippen LogP contribution in [0.2, 0.25) is 0 Å². The lowest BCUT2D eigenvalue weighted by molar-refractivity contribution is 0.201. The molecular formula is C27H31NO5S. The van der Waals surface area contributed by atoms with E-state index >= 15 is 0 Å². The zero-order chi connectivity index (χ0) is 23.9. The van der Waals surface area contributed by atoms with Crippen molar-refractivity contribution in [2.75, 3.05) is 46.0 Å². The molecule has 3 aromatic carbocycles. The summed E-state index contributed by atoms with van der Waals surface area (Å²) in [4.78, 5) is 3.66. The highest BCUT2D eigenvalue weighted by atomic mass is 32.2. The normalized spacial score (nSPS) is 15.3. The van der Waals surface area contributed by atoms with E-state index in [4.69, 9.17) is 24.1 Å². The van der Waals surface area contributed by atoms with Crippen LogP contribution in [0.5, 0.6) is 23.0 Å². The fraction of sp³-hybridized carbons (Fsp3) is 0.333. The topological polar surface area (TPSA) is 60.4 Å². The van der Waals surface area contributed by atoms with Crippen LogP contribution in [0.15, 0.2) is 65.6 Å². The highest BCUT2D eigenvalue weighted by molar-refractivity contribution is 7.99. The van der Waals surface area contributed by atoms with Gasteiger partial charge in [0, 0.05) is 23.2 Å². The van der Waals surface area contributed by atoms with Gasteiger partial charge in [-0.15, -0.1) is 11.8 Å². The van der Waals surface area contributed by atoms with E-state index < -0.39 is 0 Å². The third-order valence-electron chi connectivity index (χ3n) is 5.83. The van der Waals surface area contributed by atoms with Gasteiger partial charge in [0.05, 0.1) is 33.6 Å². The lowest BCUT2D eigenvalue weighted by atomic mass is 10.1. The van der Waals surface area contributed by atoms with E-state index in [1.807, 2.05) is 30.0 Å². The molecule has 3 aromatic rings. The highest BCUT2D eigenvalue weighted by Crippen LogP contribution is 2.48. The lowest BCUT2D eigenvalue weighted by Gasteiger charge is -2.25. The van der Waals surface area contributed by atoms with Crippen LogP contribution in [-0.2, 0) is 6.54 Å². The molecule has 1 unspecified atom stereocenters. The zero-order valence-corrected chi connectivity index (χ0v) is 20.6. The van der Waals surface area contributed by atoms with Crippen LogP contribution < -0.4 is 23.8 Å². The van der Waals surface area contributed by atoms with Gasteiger partial charge in [-0.05, 0) is 53.9 Å². The molecule has 0 aromatic heterocycles. The average molecular weight is 482 g/mol. The minimum Gasteiger partial charge on any atom is -0.493 e. The van der Waals surface area contributed by atoms with Gasteiger partial charge in [-0.1, -0.05) is 24.3 Å². The van der Waals surface area contributed by atoms with E-state index in [1.165, 1.54) is 16.1 Å². The minimum absolute atomic E-state index is 0.00325. The predicted molar refractivity (Wildman–Crippen MR) is 136 cm³/mol. The van der Waals surface area contributed by atoms with Crippen molar-refractivity contribution in [2.24, 2.45) is 0 Å². The Morgan fingerprint density at radius 2 is 1.71 bits per heavy atom. The van der Waals surface area contributed by atoms with Crippen molar-refractivity contribution < 1.29 is 24.1 Å². The van der Waals surface area contributed by atoms with Crippen molar-refractivity contribution in [3.05, 3.63) is 71.8 Å². The summed E-state index contributed by atoms with van der Waals surface area (Å²) < 4.78 is 22.3. The third kappa shape index (κ3) is 5.37. The first-order chi connectivity index (χ1) is 16.7. The van der Waals surface area contributed by atoms with Crippen LogP contribution in [0, 0.1) is 0 Å². The van der Waals surface area contributed by atoms with E-state index in [-0.39, 0.29) is 11.9 Å². The number of nitrogens with zero attached hydrogens (tertiary/aromatic N) is 1. The summed E-state index contributed by atoms with van der Waals surface area (Å²) in [6, 6.07) is 20.7. The first-order valence-electron chi connectivity index (χ1n) is 11.3. The molecule has 4 rings (SSSR count). The first kappa shape index (κ1) is 24.1. The number of hydrogen-bond acceptors (Lipinski definition) is 7. The Morgan fingerprint density at radius 1 is 0.941 bits per heavy atom. The van der Waals surface area contributed by atoms with Crippen molar-refractivity contribution in [3.63, 3.8) is 0 Å². The standard InChI is InChI=1S/C27H31NO5S/c1-30-23-16-20(17-24(31-2)27(23)32-3)25-11-12-28(22-9-4-5-10-26(22)34-25)18-19-7-6-8-21(15-19)33-14-13-29/h4-10,15-17,25,29H,11-14,18H2,1-3H3. The fourth-order valence-corrected chi connectivity index (χ4v) is 5.50. The molecule has 0 fully saturated rings. The van der Waals surface area contributed by atoms with Gasteiger partial charge in [0.1, 0.15) is 12.4 Å². The predicted octanol–water partition coefficient (Wildman–Crippen LogP) is 5.33. The number of rotatable bonds is 9. The monoisotopic (exact) mass is 481 g/mol. The van der Waals surface area contributed by atoms with Crippen LogP contribution in [0.3, 0.4) is 0 Å². The number of ether oxygens (including phenoxy) is 4. The summed E-state index contributed by atoms with van der Waals surface area (Å²) in [5.74, 6) is 2.73. The van der Waals surface area contributed by atoms with Crippen molar-refractivity contribution >= 4 is 17.4 Å². The number of aliphatic hydroxyl groups is 1. The van der Waals surface area contributed by atoms with E-state index in [0.717, 1.165) is 30.8 Å². The molecule has 1 N–H and O–H groups in total. The quantitative estimate of drug-likeness (QED) is 0.443. The second-order valence-corrected chi connectivity index (χ2v) is 9.21. The summed E-state index contributed by atoms with van der Waals surface area (Å²) >= 11 is 1.87. The van der Waals surface area contributed by atoms with E-state index in [9.17, 15) is 0 Å². The van der Waals surface area contributed by atoms with Crippen LogP contribution >= 0.6 is 11.8 Å². The van der Waals surface area contributed by atoms with E-state index in [2.05, 4.69) is 47.4 Å². The van der Waals surface area contributed by atoms with Gasteiger partial charge >= 0.3 is 0 Å². The van der Waals surface area contributed by atoms with E-state index in [1.54, 1.807) is 21.3 Å². The Balaban J connectivity index is 1.61. The van der Waals surface area contributed by atoms with Gasteiger partial charge in [-0.25, -0.2) is 0 Å². The Morgan fingerprint density at radius 3 is 2.41 bits per heavy atom. The maximum absolute atomic E-state index is 9.05. The number of benzene rings is 3. The minimum atomic E-state index is 0.00325. The zero-order valence-electron chi connectivity index (χ0n) is 19.8. The van der Waals surface area contributed by atoms with Crippen LogP contribution in [0.4, 0.5) is 5.69 Å². The summed E-state index contributed by atoms with van der Waals surface area (Å²) in [5, 5.41) is 9.29. The molecule has 0 radical (unpaired) electrons. The van der Waals surface area contributed by atoms with Crippen LogP contribution in [0.25, 0.3) is 0 Å². The largest absolute Gasteiger partial charge is 0.493 e. The second kappa shape index (κ2) is 11.4. The van der Waals surface area contributed by atoms with Crippen molar-refractivity contribution in [3.8, 4) is 23.0 Å². The van der Waals surface area contributed by atoms with Gasteiger partial charge in [0.2, 0.25) is 5.75 Å². The van der Waals surface area contributed by atoms with Crippen LogP contribution in [0.1, 0.15) is 22.8 Å². The molecule has 7 heteroatoms. The molecule has 34 heavy (non-hydrogen) atoms. The Labute approximate surface area is 205 Å². The molecule has 1 aliphatic rings. The first-order valence-corrected chi connectivity index (χ1v) is 12.2. The molecule has 0 spiro atoms. The average Bonchev–Trinajstić information content (AvgIpc) is 3.06. The second-order valence-electron chi connectivity index (χ2n) is 7.96. The SMILES string of the molecule is COc1cc(C2CCN(Cc3cccc(OCCO)c3)c3ccccc3S2)cc(OC)c1OC.